The maximum atomic E-state index is 14.0. The number of carbonyl (C=O) groups excluding carboxylic acids is 1. The number of nitrogens with zero attached hydrogens (tertiary/aromatic N) is 3. The molecule has 1 atom stereocenters. The maximum Gasteiger partial charge on any atom is 0.253 e. The molecule has 0 fully saturated rings. The minimum atomic E-state index is -0.611. The first-order valence-electron chi connectivity index (χ1n) is 11.0. The fourth-order valence-corrected chi connectivity index (χ4v) is 4.55. The number of halogens is 3. The highest BCUT2D eigenvalue weighted by atomic mass is 35.5. The highest BCUT2D eigenvalue weighted by molar-refractivity contribution is 6.36. The van der Waals surface area contributed by atoms with Crippen molar-refractivity contribution in [3.05, 3.63) is 87.9 Å². The minimum Gasteiger partial charge on any atom is -0.406 e. The topological polar surface area (TPSA) is 47.4 Å². The number of benzene rings is 2. The first-order chi connectivity index (χ1) is 16.3. The zero-order valence-corrected chi connectivity index (χ0v) is 20.6. The van der Waals surface area contributed by atoms with E-state index in [1.165, 1.54) is 12.1 Å². The molecule has 2 aromatic carbocycles. The monoisotopic (exact) mass is 499 g/mol. The molecule has 0 bridgehead atoms. The second-order valence-electron chi connectivity index (χ2n) is 7.83. The summed E-state index contributed by atoms with van der Waals surface area (Å²) in [5, 5.41) is 0.267. The van der Waals surface area contributed by atoms with E-state index in [1.54, 1.807) is 28.9 Å². The highest BCUT2D eigenvalue weighted by Gasteiger charge is 2.20. The van der Waals surface area contributed by atoms with E-state index in [0.717, 1.165) is 22.2 Å². The van der Waals surface area contributed by atoms with Crippen LogP contribution in [-0.4, -0.2) is 33.6 Å². The van der Waals surface area contributed by atoms with Crippen molar-refractivity contribution in [3.8, 4) is 11.1 Å². The lowest BCUT2D eigenvalue weighted by molar-refractivity contribution is 0.0562. The molecule has 2 aromatic heterocycles. The average molecular weight is 500 g/mol. The van der Waals surface area contributed by atoms with Gasteiger partial charge in [0.25, 0.3) is 5.91 Å². The number of amides is 1. The average Bonchev–Trinajstić information content (AvgIpc) is 3.24. The molecule has 4 rings (SSSR count). The van der Waals surface area contributed by atoms with Gasteiger partial charge in [-0.1, -0.05) is 35.3 Å². The fraction of sp³-hybridized carbons (Fsp3) is 0.231. The molecule has 0 N–H and O–H groups in total. The Labute approximate surface area is 207 Å². The van der Waals surface area contributed by atoms with Gasteiger partial charge in [-0.25, -0.2) is 4.39 Å². The van der Waals surface area contributed by atoms with Crippen LogP contribution in [0.15, 0.2) is 60.9 Å². The lowest BCUT2D eigenvalue weighted by atomic mass is 10.0. The first kappa shape index (κ1) is 24.0. The second kappa shape index (κ2) is 10.0. The molecule has 1 amide bonds. The Balaban J connectivity index is 1.62. The number of aromatic nitrogens is 2. The maximum absolute atomic E-state index is 14.0. The molecule has 5 nitrogen and oxygen atoms in total. The van der Waals surface area contributed by atoms with Crippen molar-refractivity contribution in [2.24, 2.45) is 0 Å². The van der Waals surface area contributed by atoms with Gasteiger partial charge < -0.3 is 9.74 Å². The molecule has 8 heteroatoms. The van der Waals surface area contributed by atoms with Gasteiger partial charge in [0.1, 0.15) is 11.3 Å². The minimum absolute atomic E-state index is 0.0102. The third-order valence-corrected chi connectivity index (χ3v) is 6.49. The third-order valence-electron chi connectivity index (χ3n) is 5.78. The molecule has 0 spiro atoms. The van der Waals surface area contributed by atoms with Gasteiger partial charge in [-0.15, -0.1) is 0 Å². The van der Waals surface area contributed by atoms with E-state index in [0.29, 0.717) is 29.2 Å². The molecule has 34 heavy (non-hydrogen) atoms. The van der Waals surface area contributed by atoms with Crippen LogP contribution in [0.25, 0.3) is 22.2 Å². The summed E-state index contributed by atoms with van der Waals surface area (Å²) in [5.74, 6) is -0.545. The van der Waals surface area contributed by atoms with Crippen molar-refractivity contribution in [1.29, 1.82) is 0 Å². The Hall–Kier alpha value is -3.09. The molecule has 0 saturated heterocycles. The summed E-state index contributed by atoms with van der Waals surface area (Å²) in [5.41, 5.74) is 4.28. The molecule has 1 unspecified atom stereocenters. The van der Waals surface area contributed by atoms with E-state index in [1.807, 2.05) is 50.2 Å². The molecule has 0 aliphatic carbocycles. The Morgan fingerprint density at radius 1 is 1.09 bits per heavy atom. The van der Waals surface area contributed by atoms with Gasteiger partial charge in [-0.3, -0.25) is 9.78 Å². The highest BCUT2D eigenvalue weighted by Crippen LogP contribution is 2.33. The van der Waals surface area contributed by atoms with Crippen LogP contribution in [0.5, 0.6) is 0 Å². The van der Waals surface area contributed by atoms with E-state index in [2.05, 4.69) is 4.98 Å². The molecular weight excluding hydrogens is 476 g/mol. The lowest BCUT2D eigenvalue weighted by Gasteiger charge is -2.19. The summed E-state index contributed by atoms with van der Waals surface area (Å²) >= 11 is 12.4. The Bertz CT molecular complexity index is 1330. The summed E-state index contributed by atoms with van der Waals surface area (Å²) < 4.78 is 15.5. The number of pyridine rings is 1. The molecule has 0 saturated carbocycles. The SMILES string of the molecule is CCN(CC)C(=O)c1ccc(-c2cnc3ccn(OC(C)c4c(Cl)ccc(F)c4Cl)c3c2)cc1. The van der Waals surface area contributed by atoms with Crippen molar-refractivity contribution in [1.82, 2.24) is 14.6 Å². The predicted molar refractivity (Wildman–Crippen MR) is 134 cm³/mol. The standard InChI is InChI=1S/C26H24Cl2FN3O2/c1-4-31(5-2)26(33)18-8-6-17(7-9-18)19-14-23-22(30-15-19)12-13-32(23)34-16(3)24-20(27)10-11-21(29)25(24)28/h6-16H,4-5H2,1-3H3. The fourth-order valence-electron chi connectivity index (χ4n) is 3.87. The third kappa shape index (κ3) is 4.61. The molecule has 2 heterocycles. The van der Waals surface area contributed by atoms with Crippen molar-refractivity contribution >= 4 is 40.1 Å². The van der Waals surface area contributed by atoms with Crippen LogP contribution in [0.1, 0.15) is 42.8 Å². The molecular formula is C26H24Cl2FN3O2. The van der Waals surface area contributed by atoms with Gasteiger partial charge in [-0.2, -0.15) is 4.73 Å². The Morgan fingerprint density at radius 2 is 1.79 bits per heavy atom. The van der Waals surface area contributed by atoms with Gasteiger partial charge in [0.2, 0.25) is 0 Å². The normalized spacial score (nSPS) is 12.1. The van der Waals surface area contributed by atoms with E-state index in [-0.39, 0.29) is 10.9 Å². The van der Waals surface area contributed by atoms with Crippen LogP contribution >= 0.6 is 23.2 Å². The van der Waals surface area contributed by atoms with Crippen LogP contribution < -0.4 is 4.84 Å². The van der Waals surface area contributed by atoms with E-state index >= 15 is 0 Å². The summed E-state index contributed by atoms with van der Waals surface area (Å²) in [6.45, 7) is 7.01. The van der Waals surface area contributed by atoms with Crippen molar-refractivity contribution in [2.75, 3.05) is 13.1 Å². The van der Waals surface area contributed by atoms with Gasteiger partial charge >= 0.3 is 0 Å². The molecule has 0 aliphatic rings. The van der Waals surface area contributed by atoms with Crippen LogP contribution in [0.2, 0.25) is 10.0 Å². The summed E-state index contributed by atoms with van der Waals surface area (Å²) in [6, 6.07) is 13.9. The van der Waals surface area contributed by atoms with Crippen LogP contribution in [0, 0.1) is 5.82 Å². The quantitative estimate of drug-likeness (QED) is 0.262. The number of hydrogen-bond donors (Lipinski definition) is 0. The van der Waals surface area contributed by atoms with E-state index in [4.69, 9.17) is 28.0 Å². The van der Waals surface area contributed by atoms with Gasteiger partial charge in [-0.05, 0) is 62.7 Å². The van der Waals surface area contributed by atoms with Gasteiger partial charge in [0.05, 0.1) is 10.5 Å². The Kier molecular flexibility index (Phi) is 7.10. The van der Waals surface area contributed by atoms with Gasteiger partial charge in [0.15, 0.2) is 6.10 Å². The number of hydrogen-bond acceptors (Lipinski definition) is 3. The van der Waals surface area contributed by atoms with Crippen molar-refractivity contribution in [2.45, 2.75) is 26.9 Å². The first-order valence-corrected chi connectivity index (χ1v) is 11.8. The summed E-state index contributed by atoms with van der Waals surface area (Å²) in [4.78, 5) is 24.9. The van der Waals surface area contributed by atoms with Crippen molar-refractivity contribution < 1.29 is 14.0 Å². The molecule has 176 valence electrons. The zero-order valence-electron chi connectivity index (χ0n) is 19.1. The smallest absolute Gasteiger partial charge is 0.253 e. The van der Waals surface area contributed by atoms with Crippen LogP contribution in [-0.2, 0) is 0 Å². The summed E-state index contributed by atoms with van der Waals surface area (Å²) in [7, 11) is 0. The lowest BCUT2D eigenvalue weighted by Crippen LogP contribution is -2.30. The van der Waals surface area contributed by atoms with Crippen molar-refractivity contribution in [3.63, 3.8) is 0 Å². The largest absolute Gasteiger partial charge is 0.406 e. The van der Waals surface area contributed by atoms with E-state index in [9.17, 15) is 9.18 Å². The second-order valence-corrected chi connectivity index (χ2v) is 8.61. The summed E-state index contributed by atoms with van der Waals surface area (Å²) in [6.07, 6.45) is 2.91. The predicted octanol–water partition coefficient (Wildman–Crippen LogP) is 6.82. The zero-order chi connectivity index (χ0) is 24.4. The molecule has 0 aliphatic heterocycles. The number of rotatable bonds is 7. The number of fused-ring (bicyclic) bond motifs is 1. The van der Waals surface area contributed by atoms with E-state index < -0.39 is 11.9 Å². The van der Waals surface area contributed by atoms with Crippen LogP contribution in [0.4, 0.5) is 4.39 Å². The van der Waals surface area contributed by atoms with Gasteiger partial charge in [0, 0.05) is 47.2 Å². The van der Waals surface area contributed by atoms with Crippen LogP contribution in [0.3, 0.4) is 0 Å². The Morgan fingerprint density at radius 3 is 2.47 bits per heavy atom. The number of carbonyl (C=O) groups is 1. The molecule has 4 aromatic rings. The molecule has 0 radical (unpaired) electrons.